The Labute approximate surface area is 109 Å². The van der Waals surface area contributed by atoms with Crippen molar-refractivity contribution >= 4 is 10.8 Å². The summed E-state index contributed by atoms with van der Waals surface area (Å²) in [7, 11) is 0. The highest BCUT2D eigenvalue weighted by molar-refractivity contribution is 5.86. The zero-order valence-electron chi connectivity index (χ0n) is 11.3. The maximum absolute atomic E-state index is 5.74. The lowest BCUT2D eigenvalue weighted by atomic mass is 9.99. The molecule has 0 aliphatic carbocycles. The summed E-state index contributed by atoms with van der Waals surface area (Å²) in [6, 6.07) is 12.6. The minimum absolute atomic E-state index is 0.272. The molecule has 2 aromatic rings. The van der Waals surface area contributed by atoms with Crippen molar-refractivity contribution in [1.82, 2.24) is 0 Å². The molecule has 0 N–H and O–H groups in total. The molecule has 0 saturated carbocycles. The van der Waals surface area contributed by atoms with Gasteiger partial charge < -0.3 is 9.47 Å². The molecule has 0 aromatic heterocycles. The Hall–Kier alpha value is -1.38. The quantitative estimate of drug-likeness (QED) is 0.733. The minimum Gasteiger partial charge on any atom is -0.349 e. The molecule has 2 aromatic carbocycles. The van der Waals surface area contributed by atoms with E-state index in [-0.39, 0.29) is 6.29 Å². The second kappa shape index (κ2) is 5.98. The molecule has 0 atom stereocenters. The normalized spacial score (nSPS) is 11.3. The van der Waals surface area contributed by atoms with Crippen molar-refractivity contribution in [2.45, 2.75) is 27.1 Å². The maximum atomic E-state index is 5.74. The molecule has 0 heterocycles. The first-order chi connectivity index (χ1) is 8.77. The van der Waals surface area contributed by atoms with E-state index in [1.807, 2.05) is 13.8 Å². The number of hydrogen-bond acceptors (Lipinski definition) is 2. The molecule has 18 heavy (non-hydrogen) atoms. The first-order valence-electron chi connectivity index (χ1n) is 6.49. The summed E-state index contributed by atoms with van der Waals surface area (Å²) in [5, 5.41) is 2.44. The van der Waals surface area contributed by atoms with Gasteiger partial charge in [-0.25, -0.2) is 0 Å². The van der Waals surface area contributed by atoms with Gasteiger partial charge in [0, 0.05) is 18.8 Å². The van der Waals surface area contributed by atoms with Crippen LogP contribution in [0.2, 0.25) is 0 Å². The Morgan fingerprint density at radius 2 is 1.61 bits per heavy atom. The van der Waals surface area contributed by atoms with Gasteiger partial charge in [0.25, 0.3) is 0 Å². The molecule has 0 bridgehead atoms. The molecule has 0 unspecified atom stereocenters. The number of benzene rings is 2. The van der Waals surface area contributed by atoms with E-state index < -0.39 is 0 Å². The molecule has 0 amide bonds. The third kappa shape index (κ3) is 2.55. The smallest absolute Gasteiger partial charge is 0.184 e. The first kappa shape index (κ1) is 13.1. The van der Waals surface area contributed by atoms with Crippen LogP contribution in [0.1, 0.15) is 31.3 Å². The fourth-order valence-corrected chi connectivity index (χ4v) is 2.23. The van der Waals surface area contributed by atoms with E-state index in [2.05, 4.69) is 43.3 Å². The monoisotopic (exact) mass is 244 g/mol. The van der Waals surface area contributed by atoms with E-state index in [0.717, 1.165) is 5.56 Å². The Morgan fingerprint density at radius 1 is 0.944 bits per heavy atom. The Bertz CT molecular complexity index is 513. The first-order valence-corrected chi connectivity index (χ1v) is 6.49. The molecular formula is C16H20O2. The maximum Gasteiger partial charge on any atom is 0.184 e. The number of rotatable bonds is 5. The van der Waals surface area contributed by atoms with Gasteiger partial charge in [0.2, 0.25) is 0 Å². The molecule has 0 aliphatic rings. The van der Waals surface area contributed by atoms with Crippen LogP contribution in [-0.4, -0.2) is 13.2 Å². The summed E-state index contributed by atoms with van der Waals surface area (Å²) in [6.45, 7) is 7.38. The highest BCUT2D eigenvalue weighted by atomic mass is 16.7. The lowest BCUT2D eigenvalue weighted by Gasteiger charge is -2.21. The van der Waals surface area contributed by atoms with Gasteiger partial charge in [0.15, 0.2) is 6.29 Å². The lowest BCUT2D eigenvalue weighted by Crippen LogP contribution is -2.11. The van der Waals surface area contributed by atoms with Crippen LogP contribution in [-0.2, 0) is 9.47 Å². The van der Waals surface area contributed by atoms with Gasteiger partial charge in [-0.15, -0.1) is 0 Å². The summed E-state index contributed by atoms with van der Waals surface area (Å²) in [4.78, 5) is 0. The van der Waals surface area contributed by atoms with Gasteiger partial charge in [-0.1, -0.05) is 36.4 Å². The van der Waals surface area contributed by atoms with E-state index in [9.17, 15) is 0 Å². The van der Waals surface area contributed by atoms with Crippen LogP contribution >= 0.6 is 0 Å². The van der Waals surface area contributed by atoms with Crippen molar-refractivity contribution in [3.8, 4) is 0 Å². The van der Waals surface area contributed by atoms with Crippen LogP contribution in [0.3, 0.4) is 0 Å². The van der Waals surface area contributed by atoms with Crippen molar-refractivity contribution in [2.75, 3.05) is 13.2 Å². The number of ether oxygens (including phenoxy) is 2. The average molecular weight is 244 g/mol. The van der Waals surface area contributed by atoms with Crippen LogP contribution in [0.15, 0.2) is 36.4 Å². The van der Waals surface area contributed by atoms with Gasteiger partial charge in [-0.3, -0.25) is 0 Å². The highest BCUT2D eigenvalue weighted by Gasteiger charge is 2.16. The lowest BCUT2D eigenvalue weighted by molar-refractivity contribution is -0.139. The van der Waals surface area contributed by atoms with E-state index in [0.29, 0.717) is 13.2 Å². The summed E-state index contributed by atoms with van der Waals surface area (Å²) in [5.41, 5.74) is 2.36. The van der Waals surface area contributed by atoms with Crippen molar-refractivity contribution in [2.24, 2.45) is 0 Å². The van der Waals surface area contributed by atoms with Crippen molar-refractivity contribution in [1.29, 1.82) is 0 Å². The summed E-state index contributed by atoms with van der Waals surface area (Å²) in [5.74, 6) is 0. The highest BCUT2D eigenvalue weighted by Crippen LogP contribution is 2.30. The predicted octanol–water partition coefficient (Wildman–Crippen LogP) is 4.22. The second-order valence-corrected chi connectivity index (χ2v) is 4.26. The molecule has 0 fully saturated rings. The van der Waals surface area contributed by atoms with Gasteiger partial charge >= 0.3 is 0 Å². The molecule has 2 rings (SSSR count). The Kier molecular flexibility index (Phi) is 4.34. The van der Waals surface area contributed by atoms with Gasteiger partial charge in [0.05, 0.1) is 0 Å². The predicted molar refractivity (Wildman–Crippen MR) is 74.7 cm³/mol. The topological polar surface area (TPSA) is 18.5 Å². The molecule has 2 heteroatoms. The summed E-state index contributed by atoms with van der Waals surface area (Å²) < 4.78 is 11.5. The average Bonchev–Trinajstić information content (AvgIpc) is 2.38. The van der Waals surface area contributed by atoms with Gasteiger partial charge in [-0.2, -0.15) is 0 Å². The zero-order chi connectivity index (χ0) is 13.0. The van der Waals surface area contributed by atoms with Crippen LogP contribution < -0.4 is 0 Å². The van der Waals surface area contributed by atoms with E-state index in [4.69, 9.17) is 9.47 Å². The molecule has 0 spiro atoms. The number of hydrogen-bond donors (Lipinski definition) is 0. The molecule has 0 aliphatic heterocycles. The van der Waals surface area contributed by atoms with Crippen molar-refractivity contribution in [3.05, 3.63) is 47.5 Å². The van der Waals surface area contributed by atoms with Crippen LogP contribution in [0.5, 0.6) is 0 Å². The summed E-state index contributed by atoms with van der Waals surface area (Å²) >= 11 is 0. The van der Waals surface area contributed by atoms with E-state index in [1.54, 1.807) is 0 Å². The minimum atomic E-state index is -0.272. The third-order valence-corrected chi connectivity index (χ3v) is 3.06. The summed E-state index contributed by atoms with van der Waals surface area (Å²) in [6.07, 6.45) is -0.272. The number of aryl methyl sites for hydroxylation is 1. The SMILES string of the molecule is CCOC(OCC)c1c(C)ccc2ccccc12. The Morgan fingerprint density at radius 3 is 2.28 bits per heavy atom. The molecule has 0 saturated heterocycles. The molecule has 96 valence electrons. The molecule has 0 radical (unpaired) electrons. The van der Waals surface area contributed by atoms with Crippen LogP contribution in [0.25, 0.3) is 10.8 Å². The van der Waals surface area contributed by atoms with E-state index in [1.165, 1.54) is 16.3 Å². The van der Waals surface area contributed by atoms with Crippen molar-refractivity contribution in [3.63, 3.8) is 0 Å². The van der Waals surface area contributed by atoms with E-state index >= 15 is 0 Å². The molecular weight excluding hydrogens is 224 g/mol. The fourth-order valence-electron chi connectivity index (χ4n) is 2.23. The standard InChI is InChI=1S/C16H20O2/c1-4-17-16(18-5-2)15-12(3)10-11-13-8-6-7-9-14(13)15/h6-11,16H,4-5H2,1-3H3. The second-order valence-electron chi connectivity index (χ2n) is 4.26. The van der Waals surface area contributed by atoms with Gasteiger partial charge in [0.1, 0.15) is 0 Å². The molecule has 2 nitrogen and oxygen atoms in total. The van der Waals surface area contributed by atoms with Crippen molar-refractivity contribution < 1.29 is 9.47 Å². The largest absolute Gasteiger partial charge is 0.349 e. The number of fused-ring (bicyclic) bond motifs is 1. The Balaban J connectivity index is 2.55. The fraction of sp³-hybridized carbons (Fsp3) is 0.375. The van der Waals surface area contributed by atoms with Gasteiger partial charge in [-0.05, 0) is 37.1 Å². The zero-order valence-corrected chi connectivity index (χ0v) is 11.3. The van der Waals surface area contributed by atoms with Crippen LogP contribution in [0, 0.1) is 6.92 Å². The third-order valence-electron chi connectivity index (χ3n) is 3.06. The van der Waals surface area contributed by atoms with Crippen LogP contribution in [0.4, 0.5) is 0 Å².